The van der Waals surface area contributed by atoms with Crippen LogP contribution in [0.15, 0.2) is 30.3 Å². The molecule has 2 heteroatoms. The maximum absolute atomic E-state index is 11.4. The number of benzene rings is 1. The lowest BCUT2D eigenvalue weighted by Crippen LogP contribution is -2.28. The molecule has 1 aromatic carbocycles. The number of rotatable bonds is 4. The largest absolute Gasteiger partial charge is 0.352 e. The first-order valence-corrected chi connectivity index (χ1v) is 5.05. The summed E-state index contributed by atoms with van der Waals surface area (Å²) in [6, 6.07) is 9.95. The van der Waals surface area contributed by atoms with Crippen LogP contribution in [0.1, 0.15) is 48.1 Å². The van der Waals surface area contributed by atoms with Gasteiger partial charge in [0, 0.05) is 12.5 Å². The third kappa shape index (κ3) is 7.56. The first kappa shape index (κ1) is 21.0. The number of carbonyl (C=O) groups excluding carboxylic acids is 1. The third-order valence-electron chi connectivity index (χ3n) is 2.37. The Kier molecular flexibility index (Phi) is 13.8. The summed E-state index contributed by atoms with van der Waals surface area (Å²) in [5.41, 5.74) is 1.14. The first-order chi connectivity index (χ1) is 6.74. The van der Waals surface area contributed by atoms with Crippen molar-refractivity contribution in [3.05, 3.63) is 35.9 Å². The summed E-state index contributed by atoms with van der Waals surface area (Å²) in [5, 5.41) is 2.91. The van der Waals surface area contributed by atoms with E-state index in [1.807, 2.05) is 44.2 Å². The fourth-order valence-electron chi connectivity index (χ4n) is 1.14. The molecule has 2 nitrogen and oxygen atoms in total. The van der Waals surface area contributed by atoms with Gasteiger partial charge in [-0.1, -0.05) is 66.5 Å². The van der Waals surface area contributed by atoms with Crippen molar-refractivity contribution in [2.45, 2.75) is 49.1 Å². The predicted molar refractivity (Wildman–Crippen MR) is 77.9 cm³/mol. The van der Waals surface area contributed by atoms with E-state index in [0.29, 0.717) is 6.54 Å². The molecule has 1 aromatic rings. The van der Waals surface area contributed by atoms with Gasteiger partial charge in [0.25, 0.3) is 0 Å². The Morgan fingerprint density at radius 1 is 1.18 bits per heavy atom. The molecule has 1 unspecified atom stereocenters. The second kappa shape index (κ2) is 11.2. The van der Waals surface area contributed by atoms with E-state index in [0.717, 1.165) is 12.0 Å². The molecule has 0 saturated heterocycles. The van der Waals surface area contributed by atoms with Crippen molar-refractivity contribution >= 4 is 5.91 Å². The minimum atomic E-state index is 0. The van der Waals surface area contributed by atoms with Crippen LogP contribution in [0.5, 0.6) is 0 Å². The number of carbonyl (C=O) groups is 1. The fraction of sp³-hybridized carbons (Fsp3) is 0.533. The lowest BCUT2D eigenvalue weighted by molar-refractivity contribution is -0.124. The standard InChI is InChI=1S/C12H17NO.3CH4/c1-3-10(2)12(14)13-9-11-7-5-4-6-8-11;;;/h4-8,10H,3,9H2,1-2H3,(H,13,14);3*1H4. The van der Waals surface area contributed by atoms with Gasteiger partial charge in [-0.3, -0.25) is 4.79 Å². The summed E-state index contributed by atoms with van der Waals surface area (Å²) in [4.78, 5) is 11.4. The van der Waals surface area contributed by atoms with Gasteiger partial charge < -0.3 is 5.32 Å². The molecule has 0 spiro atoms. The molecule has 0 radical (unpaired) electrons. The van der Waals surface area contributed by atoms with Crippen molar-refractivity contribution in [1.29, 1.82) is 0 Å². The van der Waals surface area contributed by atoms with E-state index in [2.05, 4.69) is 5.32 Å². The molecule has 1 N–H and O–H groups in total. The third-order valence-corrected chi connectivity index (χ3v) is 2.37. The smallest absolute Gasteiger partial charge is 0.223 e. The van der Waals surface area contributed by atoms with Gasteiger partial charge in [0.2, 0.25) is 5.91 Å². The van der Waals surface area contributed by atoms with Gasteiger partial charge >= 0.3 is 0 Å². The summed E-state index contributed by atoms with van der Waals surface area (Å²) in [6.07, 6.45) is 0.890. The van der Waals surface area contributed by atoms with Crippen molar-refractivity contribution in [2.75, 3.05) is 0 Å². The molecule has 0 aromatic heterocycles. The number of hydrogen-bond acceptors (Lipinski definition) is 1. The molecule has 0 bridgehead atoms. The van der Waals surface area contributed by atoms with Crippen LogP contribution >= 0.6 is 0 Å². The molecule has 100 valence electrons. The SMILES string of the molecule is C.C.C.CCC(C)C(=O)NCc1ccccc1. The van der Waals surface area contributed by atoms with Gasteiger partial charge in [-0.2, -0.15) is 0 Å². The molecule has 0 aliphatic rings. The van der Waals surface area contributed by atoms with E-state index in [1.54, 1.807) is 0 Å². The van der Waals surface area contributed by atoms with Gasteiger partial charge in [0.05, 0.1) is 0 Å². The highest BCUT2D eigenvalue weighted by Gasteiger charge is 2.08. The Morgan fingerprint density at radius 3 is 2.18 bits per heavy atom. The predicted octanol–water partition coefficient (Wildman–Crippen LogP) is 4.26. The van der Waals surface area contributed by atoms with Crippen molar-refractivity contribution < 1.29 is 4.79 Å². The number of nitrogens with one attached hydrogen (secondary N) is 1. The summed E-state index contributed by atoms with van der Waals surface area (Å²) < 4.78 is 0. The van der Waals surface area contributed by atoms with Gasteiger partial charge in [-0.25, -0.2) is 0 Å². The van der Waals surface area contributed by atoms with Crippen LogP contribution in [0, 0.1) is 5.92 Å². The average molecular weight is 239 g/mol. The average Bonchev–Trinajstić information content (AvgIpc) is 2.26. The molecular formula is C15H29NO. The molecule has 0 heterocycles. The molecule has 1 atom stereocenters. The van der Waals surface area contributed by atoms with E-state index in [9.17, 15) is 4.79 Å². The van der Waals surface area contributed by atoms with Crippen LogP contribution in [-0.2, 0) is 11.3 Å². The normalized spacial score (nSPS) is 10.0. The maximum atomic E-state index is 11.4. The lowest BCUT2D eigenvalue weighted by atomic mass is 10.1. The highest BCUT2D eigenvalue weighted by molar-refractivity contribution is 5.78. The molecule has 0 fully saturated rings. The Labute approximate surface area is 107 Å². The summed E-state index contributed by atoms with van der Waals surface area (Å²) in [7, 11) is 0. The number of amides is 1. The van der Waals surface area contributed by atoms with Crippen LogP contribution in [0.3, 0.4) is 0 Å². The van der Waals surface area contributed by atoms with Gasteiger partial charge in [0.1, 0.15) is 0 Å². The van der Waals surface area contributed by atoms with Crippen molar-refractivity contribution in [2.24, 2.45) is 5.92 Å². The molecule has 0 saturated carbocycles. The Hall–Kier alpha value is -1.31. The van der Waals surface area contributed by atoms with Crippen molar-refractivity contribution in [1.82, 2.24) is 5.32 Å². The zero-order valence-corrected chi connectivity index (χ0v) is 8.79. The molecule has 0 aliphatic carbocycles. The summed E-state index contributed by atoms with van der Waals surface area (Å²) in [5.74, 6) is 0.245. The highest BCUT2D eigenvalue weighted by Crippen LogP contribution is 2.02. The summed E-state index contributed by atoms with van der Waals surface area (Å²) in [6.45, 7) is 4.59. The van der Waals surface area contributed by atoms with Crippen LogP contribution in [-0.4, -0.2) is 5.91 Å². The van der Waals surface area contributed by atoms with Crippen LogP contribution < -0.4 is 5.32 Å². The minimum Gasteiger partial charge on any atom is -0.352 e. The quantitative estimate of drug-likeness (QED) is 0.836. The Morgan fingerprint density at radius 2 is 1.71 bits per heavy atom. The van der Waals surface area contributed by atoms with Crippen LogP contribution in [0.2, 0.25) is 0 Å². The second-order valence-corrected chi connectivity index (χ2v) is 3.51. The molecule has 0 aliphatic heterocycles. The van der Waals surface area contributed by atoms with Gasteiger partial charge in [0.15, 0.2) is 0 Å². The van der Waals surface area contributed by atoms with Crippen LogP contribution in [0.25, 0.3) is 0 Å². The van der Waals surface area contributed by atoms with Crippen molar-refractivity contribution in [3.8, 4) is 0 Å². The van der Waals surface area contributed by atoms with Gasteiger partial charge in [-0.15, -0.1) is 0 Å². The minimum absolute atomic E-state index is 0. The van der Waals surface area contributed by atoms with E-state index < -0.39 is 0 Å². The topological polar surface area (TPSA) is 29.1 Å². The highest BCUT2D eigenvalue weighted by atomic mass is 16.1. The zero-order chi connectivity index (χ0) is 10.4. The first-order valence-electron chi connectivity index (χ1n) is 5.05. The monoisotopic (exact) mass is 239 g/mol. The fourth-order valence-corrected chi connectivity index (χ4v) is 1.14. The maximum Gasteiger partial charge on any atom is 0.223 e. The van der Waals surface area contributed by atoms with E-state index in [1.165, 1.54) is 0 Å². The van der Waals surface area contributed by atoms with Gasteiger partial charge in [-0.05, 0) is 12.0 Å². The Bertz CT molecular complexity index is 282. The summed E-state index contributed by atoms with van der Waals surface area (Å²) >= 11 is 0. The molecule has 17 heavy (non-hydrogen) atoms. The van der Waals surface area contributed by atoms with E-state index in [-0.39, 0.29) is 34.1 Å². The zero-order valence-electron chi connectivity index (χ0n) is 8.79. The number of hydrogen-bond donors (Lipinski definition) is 1. The van der Waals surface area contributed by atoms with E-state index >= 15 is 0 Å². The molecule has 1 amide bonds. The molecular weight excluding hydrogens is 210 g/mol. The molecule has 1 rings (SSSR count). The van der Waals surface area contributed by atoms with Crippen molar-refractivity contribution in [3.63, 3.8) is 0 Å². The van der Waals surface area contributed by atoms with E-state index in [4.69, 9.17) is 0 Å². The Balaban J connectivity index is -0.000000653. The second-order valence-electron chi connectivity index (χ2n) is 3.51. The lowest BCUT2D eigenvalue weighted by Gasteiger charge is -2.09. The van der Waals surface area contributed by atoms with Crippen LogP contribution in [0.4, 0.5) is 0 Å².